The van der Waals surface area contributed by atoms with Crippen LogP contribution in [0.1, 0.15) is 33.6 Å². The molecule has 1 aliphatic heterocycles. The van der Waals surface area contributed by atoms with Crippen molar-refractivity contribution in [1.29, 1.82) is 0 Å². The summed E-state index contributed by atoms with van der Waals surface area (Å²) in [5, 5.41) is 3.72. The molecule has 0 N–H and O–H groups in total. The van der Waals surface area contributed by atoms with Crippen molar-refractivity contribution in [2.75, 3.05) is 0 Å². The van der Waals surface area contributed by atoms with Crippen LogP contribution in [0.3, 0.4) is 0 Å². The van der Waals surface area contributed by atoms with E-state index in [9.17, 15) is 4.79 Å². The maximum Gasteiger partial charge on any atom is 0.309 e. The van der Waals surface area contributed by atoms with Crippen molar-refractivity contribution < 1.29 is 9.53 Å². The van der Waals surface area contributed by atoms with Gasteiger partial charge >= 0.3 is 5.97 Å². The Morgan fingerprint density at radius 2 is 2.33 bits per heavy atom. The number of hydrogen-bond donors (Lipinski definition) is 0. The first kappa shape index (κ1) is 11.9. The molecule has 0 spiro atoms. The zero-order valence-corrected chi connectivity index (χ0v) is 9.38. The third-order valence-electron chi connectivity index (χ3n) is 2.60. The Morgan fingerprint density at radius 3 is 2.73 bits per heavy atom. The van der Waals surface area contributed by atoms with E-state index in [0.717, 1.165) is 6.42 Å². The Labute approximate surface area is 89.4 Å². The van der Waals surface area contributed by atoms with Crippen molar-refractivity contribution >= 4 is 5.97 Å². The summed E-state index contributed by atoms with van der Waals surface area (Å²) < 4.78 is 5.19. The molecule has 1 rings (SSSR count). The van der Waals surface area contributed by atoms with Crippen LogP contribution in [0.4, 0.5) is 0 Å². The highest BCUT2D eigenvalue weighted by atomic mass is 16.6. The van der Waals surface area contributed by atoms with Gasteiger partial charge in [-0.1, -0.05) is 25.9 Å². The Balaban J connectivity index is 2.65. The van der Waals surface area contributed by atoms with Gasteiger partial charge in [0.05, 0.1) is 12.0 Å². The van der Waals surface area contributed by atoms with Gasteiger partial charge in [0.2, 0.25) is 0 Å². The number of esters is 1. The number of carbonyl (C=O) groups excluding carboxylic acids is 1. The Kier molecular flexibility index (Phi) is 3.97. The highest BCUT2D eigenvalue weighted by Crippen LogP contribution is 2.27. The second-order valence-electron chi connectivity index (χ2n) is 4.51. The third-order valence-corrected chi connectivity index (χ3v) is 2.60. The fraction of sp³-hybridized carbons (Fsp3) is 0.900. The molecule has 0 aliphatic carbocycles. The molecule has 0 bridgehead atoms. The normalized spacial score (nSPS) is 27.3. The molecule has 0 aromatic rings. The van der Waals surface area contributed by atoms with E-state index in [4.69, 9.17) is 10.3 Å². The van der Waals surface area contributed by atoms with Crippen LogP contribution in [-0.2, 0) is 9.53 Å². The number of hydrogen-bond acceptors (Lipinski definition) is 3. The maximum absolute atomic E-state index is 11.2. The van der Waals surface area contributed by atoms with Crippen LogP contribution >= 0.6 is 0 Å². The fourth-order valence-electron chi connectivity index (χ4n) is 1.82. The molecular weight excluding hydrogens is 194 g/mol. The highest BCUT2D eigenvalue weighted by Gasteiger charge is 2.35. The van der Waals surface area contributed by atoms with Crippen LogP contribution in [0.25, 0.3) is 10.4 Å². The number of carbonyl (C=O) groups is 1. The van der Waals surface area contributed by atoms with Crippen LogP contribution in [0, 0.1) is 11.8 Å². The number of azide groups is 1. The second kappa shape index (κ2) is 5.03. The van der Waals surface area contributed by atoms with Gasteiger partial charge in [0.15, 0.2) is 0 Å². The minimum absolute atomic E-state index is 0.0708. The summed E-state index contributed by atoms with van der Waals surface area (Å²) in [5.74, 6) is 0.176. The summed E-state index contributed by atoms with van der Waals surface area (Å²) in [4.78, 5) is 14.0. The average molecular weight is 211 g/mol. The quantitative estimate of drug-likeness (QED) is 0.310. The standard InChI is InChI=1S/C10H17N3O2/c1-6(2)4-8(12-13-11)9-5-7(3)10(14)15-9/h6-9H,4-5H2,1-3H3/t7-,8+,9+/m1/s1. The van der Waals surface area contributed by atoms with Crippen molar-refractivity contribution in [3.05, 3.63) is 10.4 Å². The summed E-state index contributed by atoms with van der Waals surface area (Å²) in [6.07, 6.45) is 1.19. The lowest BCUT2D eigenvalue weighted by Crippen LogP contribution is -2.25. The number of nitrogens with zero attached hydrogens (tertiary/aromatic N) is 3. The molecule has 0 unspecified atom stereocenters. The van der Waals surface area contributed by atoms with Gasteiger partial charge in [0, 0.05) is 4.91 Å². The van der Waals surface area contributed by atoms with Gasteiger partial charge in [-0.15, -0.1) is 0 Å². The zero-order valence-electron chi connectivity index (χ0n) is 9.38. The van der Waals surface area contributed by atoms with Gasteiger partial charge in [0.25, 0.3) is 0 Å². The van der Waals surface area contributed by atoms with E-state index in [1.54, 1.807) is 0 Å². The van der Waals surface area contributed by atoms with E-state index in [1.165, 1.54) is 0 Å². The lowest BCUT2D eigenvalue weighted by atomic mass is 9.96. The van der Waals surface area contributed by atoms with Crippen molar-refractivity contribution in [1.82, 2.24) is 0 Å². The molecule has 5 heteroatoms. The number of rotatable bonds is 4. The first-order chi connectivity index (χ1) is 7.04. The van der Waals surface area contributed by atoms with Gasteiger partial charge < -0.3 is 4.74 Å². The highest BCUT2D eigenvalue weighted by molar-refractivity contribution is 5.74. The smallest absolute Gasteiger partial charge is 0.309 e. The second-order valence-corrected chi connectivity index (χ2v) is 4.51. The van der Waals surface area contributed by atoms with E-state index >= 15 is 0 Å². The molecule has 15 heavy (non-hydrogen) atoms. The Morgan fingerprint density at radius 1 is 1.67 bits per heavy atom. The molecule has 1 aliphatic rings. The van der Waals surface area contributed by atoms with Crippen LogP contribution in [-0.4, -0.2) is 18.1 Å². The van der Waals surface area contributed by atoms with Crippen molar-refractivity contribution in [2.45, 2.75) is 45.8 Å². The predicted octanol–water partition coefficient (Wildman–Crippen LogP) is 2.66. The molecular formula is C10H17N3O2. The topological polar surface area (TPSA) is 75.1 Å². The van der Waals surface area contributed by atoms with E-state index in [0.29, 0.717) is 12.3 Å². The molecule has 0 aromatic heterocycles. The minimum atomic E-state index is -0.231. The van der Waals surface area contributed by atoms with Gasteiger partial charge in [-0.2, -0.15) is 0 Å². The number of cyclic esters (lactones) is 1. The van der Waals surface area contributed by atoms with Crippen LogP contribution in [0.2, 0.25) is 0 Å². The molecule has 0 amide bonds. The summed E-state index contributed by atoms with van der Waals surface area (Å²) in [5.41, 5.74) is 8.46. The fourth-order valence-corrected chi connectivity index (χ4v) is 1.82. The summed E-state index contributed by atoms with van der Waals surface area (Å²) in [7, 11) is 0. The van der Waals surface area contributed by atoms with E-state index < -0.39 is 0 Å². The van der Waals surface area contributed by atoms with Gasteiger partial charge in [-0.25, -0.2) is 0 Å². The molecule has 0 aromatic carbocycles. The largest absolute Gasteiger partial charge is 0.462 e. The first-order valence-corrected chi connectivity index (χ1v) is 5.29. The lowest BCUT2D eigenvalue weighted by molar-refractivity contribution is -0.144. The zero-order chi connectivity index (χ0) is 11.4. The molecule has 0 radical (unpaired) electrons. The van der Waals surface area contributed by atoms with Crippen molar-refractivity contribution in [2.24, 2.45) is 17.0 Å². The minimum Gasteiger partial charge on any atom is -0.462 e. The molecule has 3 atom stereocenters. The molecule has 1 fully saturated rings. The number of ether oxygens (including phenoxy) is 1. The van der Waals surface area contributed by atoms with Gasteiger partial charge in [0.1, 0.15) is 6.10 Å². The Hall–Kier alpha value is -1.22. The van der Waals surface area contributed by atoms with E-state index in [1.807, 2.05) is 6.92 Å². The summed E-state index contributed by atoms with van der Waals surface area (Å²) in [6, 6.07) is -0.219. The molecule has 84 valence electrons. The molecule has 1 saturated heterocycles. The monoisotopic (exact) mass is 211 g/mol. The third kappa shape index (κ3) is 3.13. The molecule has 1 heterocycles. The average Bonchev–Trinajstić information content (AvgIpc) is 2.46. The predicted molar refractivity (Wildman–Crippen MR) is 56.1 cm³/mol. The maximum atomic E-state index is 11.2. The first-order valence-electron chi connectivity index (χ1n) is 5.29. The van der Waals surface area contributed by atoms with Gasteiger partial charge in [-0.3, -0.25) is 4.79 Å². The summed E-state index contributed by atoms with van der Waals surface area (Å²) in [6.45, 7) is 5.95. The lowest BCUT2D eigenvalue weighted by Gasteiger charge is -2.19. The Bertz CT molecular complexity index is 284. The van der Waals surface area contributed by atoms with Crippen LogP contribution < -0.4 is 0 Å². The van der Waals surface area contributed by atoms with Crippen LogP contribution in [0.15, 0.2) is 5.11 Å². The van der Waals surface area contributed by atoms with Crippen molar-refractivity contribution in [3.8, 4) is 0 Å². The molecule has 5 nitrogen and oxygen atoms in total. The van der Waals surface area contributed by atoms with Crippen molar-refractivity contribution in [3.63, 3.8) is 0 Å². The summed E-state index contributed by atoms with van der Waals surface area (Å²) >= 11 is 0. The van der Waals surface area contributed by atoms with Gasteiger partial charge in [-0.05, 0) is 24.3 Å². The van der Waals surface area contributed by atoms with Crippen LogP contribution in [0.5, 0.6) is 0 Å². The van der Waals surface area contributed by atoms with E-state index in [2.05, 4.69) is 23.9 Å². The SMILES string of the molecule is CC(C)C[C@H](N=[N+]=[N-])[C@@H]1C[C@@H](C)C(=O)O1. The van der Waals surface area contributed by atoms with E-state index in [-0.39, 0.29) is 24.0 Å². The molecule has 0 saturated carbocycles.